The maximum absolute atomic E-state index is 13.0. The number of aromatic nitrogens is 2. The third kappa shape index (κ3) is 7.39. The van der Waals surface area contributed by atoms with E-state index in [9.17, 15) is 9.90 Å². The van der Waals surface area contributed by atoms with Crippen molar-refractivity contribution in [2.24, 2.45) is 11.8 Å². The number of hydrogen-bond donors (Lipinski definition) is 2. The number of aliphatic hydroxyl groups excluding tert-OH is 1. The van der Waals surface area contributed by atoms with Gasteiger partial charge in [-0.25, -0.2) is 4.98 Å². The van der Waals surface area contributed by atoms with Crippen molar-refractivity contribution in [2.45, 2.75) is 78.6 Å². The summed E-state index contributed by atoms with van der Waals surface area (Å²) in [5, 5.41) is 13.5. The zero-order valence-electron chi connectivity index (χ0n) is 21.8. The Kier molecular flexibility index (Phi) is 9.87. The van der Waals surface area contributed by atoms with Crippen molar-refractivity contribution >= 4 is 11.6 Å². The highest BCUT2D eigenvalue weighted by atomic mass is 16.5. The van der Waals surface area contributed by atoms with E-state index in [-0.39, 0.29) is 30.4 Å². The number of ether oxygens (including phenoxy) is 1. The van der Waals surface area contributed by atoms with Gasteiger partial charge in [-0.1, -0.05) is 65.3 Å². The number of fused-ring (bicyclic) bond motifs is 1. The van der Waals surface area contributed by atoms with Gasteiger partial charge >= 0.3 is 0 Å². The Morgan fingerprint density at radius 1 is 1.09 bits per heavy atom. The smallest absolute Gasteiger partial charge is 0.249 e. The minimum atomic E-state index is -0.556. The molecule has 2 N–H and O–H groups in total. The zero-order chi connectivity index (χ0) is 25.4. The average Bonchev–Trinajstić information content (AvgIpc) is 3.32. The van der Waals surface area contributed by atoms with Gasteiger partial charge in [0.05, 0.1) is 12.7 Å². The van der Waals surface area contributed by atoms with E-state index in [2.05, 4.69) is 67.5 Å². The molecule has 3 aromatic rings. The number of carbonyl (C=O) groups is 1. The van der Waals surface area contributed by atoms with Gasteiger partial charge < -0.3 is 19.6 Å². The molecular weight excluding hydrogens is 438 g/mol. The van der Waals surface area contributed by atoms with Gasteiger partial charge in [-0.2, -0.15) is 0 Å². The summed E-state index contributed by atoms with van der Waals surface area (Å²) in [7, 11) is 0. The molecule has 1 amide bonds. The maximum Gasteiger partial charge on any atom is 0.249 e. The Morgan fingerprint density at radius 2 is 1.83 bits per heavy atom. The van der Waals surface area contributed by atoms with Gasteiger partial charge in [0, 0.05) is 24.6 Å². The largest absolute Gasteiger partial charge is 0.390 e. The Labute approximate surface area is 209 Å². The molecule has 3 rings (SSSR count). The maximum atomic E-state index is 13.0. The van der Waals surface area contributed by atoms with Crippen molar-refractivity contribution in [1.82, 2.24) is 14.7 Å². The van der Waals surface area contributed by atoms with Crippen molar-refractivity contribution in [3.8, 4) is 11.1 Å². The number of benzene rings is 1. The van der Waals surface area contributed by atoms with Crippen LogP contribution in [0.2, 0.25) is 0 Å². The van der Waals surface area contributed by atoms with E-state index in [4.69, 9.17) is 4.74 Å². The normalized spacial score (nSPS) is 15.2. The van der Waals surface area contributed by atoms with Crippen molar-refractivity contribution in [1.29, 1.82) is 0 Å². The first-order valence-corrected chi connectivity index (χ1v) is 12.9. The monoisotopic (exact) mass is 479 g/mol. The number of imidazole rings is 1. The summed E-state index contributed by atoms with van der Waals surface area (Å²) in [5.41, 5.74) is 4.36. The van der Waals surface area contributed by atoms with Crippen LogP contribution in [0.15, 0.2) is 55.0 Å². The Bertz CT molecular complexity index is 1060. The highest BCUT2D eigenvalue weighted by Crippen LogP contribution is 2.22. The van der Waals surface area contributed by atoms with Crippen LogP contribution in [0.1, 0.15) is 59.4 Å². The minimum Gasteiger partial charge on any atom is -0.390 e. The molecule has 0 bridgehead atoms. The predicted octanol–water partition coefficient (Wildman–Crippen LogP) is 5.28. The van der Waals surface area contributed by atoms with Gasteiger partial charge in [0.2, 0.25) is 5.91 Å². The second kappa shape index (κ2) is 12.8. The van der Waals surface area contributed by atoms with E-state index < -0.39 is 12.2 Å². The molecule has 0 saturated carbocycles. The lowest BCUT2D eigenvalue weighted by Gasteiger charge is -2.26. The molecule has 4 atom stereocenters. The van der Waals surface area contributed by atoms with Gasteiger partial charge in [-0.05, 0) is 59.9 Å². The number of carbonyl (C=O) groups excluding carboxylic acids is 1. The average molecular weight is 480 g/mol. The lowest BCUT2D eigenvalue weighted by molar-refractivity contribution is -0.136. The zero-order valence-corrected chi connectivity index (χ0v) is 21.8. The molecule has 1 aromatic carbocycles. The molecule has 0 radical (unpaired) electrons. The predicted molar refractivity (Wildman–Crippen MR) is 141 cm³/mol. The van der Waals surface area contributed by atoms with Crippen LogP contribution in [0.3, 0.4) is 0 Å². The molecule has 2 heterocycles. The van der Waals surface area contributed by atoms with E-state index in [0.29, 0.717) is 6.42 Å². The summed E-state index contributed by atoms with van der Waals surface area (Å²) in [6.45, 7) is 10.5. The summed E-state index contributed by atoms with van der Waals surface area (Å²) in [6.07, 6.45) is 7.93. The number of nitrogens with zero attached hydrogens (tertiary/aromatic N) is 2. The van der Waals surface area contributed by atoms with Gasteiger partial charge in [0.25, 0.3) is 0 Å². The second-order valence-corrected chi connectivity index (χ2v) is 9.93. The molecule has 4 unspecified atom stereocenters. The van der Waals surface area contributed by atoms with Crippen LogP contribution in [0.25, 0.3) is 16.8 Å². The van der Waals surface area contributed by atoms with Gasteiger partial charge in [-0.15, -0.1) is 0 Å². The van der Waals surface area contributed by atoms with Gasteiger partial charge in [0.1, 0.15) is 11.8 Å². The lowest BCUT2D eigenvalue weighted by atomic mass is 9.94. The van der Waals surface area contributed by atoms with Crippen LogP contribution >= 0.6 is 0 Å². The minimum absolute atomic E-state index is 0.00351. The Balaban J connectivity index is 1.60. The number of amides is 1. The molecule has 6 nitrogen and oxygen atoms in total. The van der Waals surface area contributed by atoms with Gasteiger partial charge in [0.15, 0.2) is 0 Å². The number of aliphatic hydroxyl groups is 1. The fourth-order valence-electron chi connectivity index (χ4n) is 4.31. The highest BCUT2D eigenvalue weighted by Gasteiger charge is 2.24. The molecule has 0 aliphatic heterocycles. The van der Waals surface area contributed by atoms with Crippen molar-refractivity contribution in [2.75, 3.05) is 6.61 Å². The van der Waals surface area contributed by atoms with E-state index in [1.54, 1.807) is 6.20 Å². The van der Waals surface area contributed by atoms with E-state index in [0.717, 1.165) is 36.0 Å². The summed E-state index contributed by atoms with van der Waals surface area (Å²) >= 11 is 0. The fraction of sp³-hybridized carbons (Fsp3) is 0.517. The number of rotatable bonds is 13. The first-order valence-electron chi connectivity index (χ1n) is 12.9. The molecule has 0 saturated heterocycles. The topological polar surface area (TPSA) is 75.9 Å². The lowest BCUT2D eigenvalue weighted by Crippen LogP contribution is -2.46. The van der Waals surface area contributed by atoms with Crippen molar-refractivity contribution in [3.63, 3.8) is 0 Å². The fourth-order valence-corrected chi connectivity index (χ4v) is 4.31. The van der Waals surface area contributed by atoms with Crippen LogP contribution in [-0.2, 0) is 16.0 Å². The van der Waals surface area contributed by atoms with Crippen LogP contribution in [-0.4, -0.2) is 45.3 Å². The molecule has 2 aromatic heterocycles. The first kappa shape index (κ1) is 26.9. The third-order valence-electron chi connectivity index (χ3n) is 6.81. The Morgan fingerprint density at radius 3 is 2.49 bits per heavy atom. The number of pyridine rings is 1. The standard InChI is InChI=1S/C29H41N3O3/c1-6-8-21(5)26(33)19-35-27(7-2)29(34)31-25(20(3)4)17-22-9-11-23(12-10-22)24-13-15-32-16-14-30-28(32)18-24/h9-16,18,20-21,25-27,33H,6-8,17,19H2,1-5H3,(H,31,34). The quantitative estimate of drug-likeness (QED) is 0.350. The third-order valence-corrected chi connectivity index (χ3v) is 6.81. The van der Waals surface area contributed by atoms with Gasteiger partial charge in [-0.3, -0.25) is 4.79 Å². The molecule has 190 valence electrons. The van der Waals surface area contributed by atoms with Crippen LogP contribution < -0.4 is 5.32 Å². The van der Waals surface area contributed by atoms with Crippen LogP contribution in [0, 0.1) is 11.8 Å². The second-order valence-electron chi connectivity index (χ2n) is 9.93. The molecule has 35 heavy (non-hydrogen) atoms. The van der Waals surface area contributed by atoms with Crippen molar-refractivity contribution < 1.29 is 14.6 Å². The summed E-state index contributed by atoms with van der Waals surface area (Å²) in [4.78, 5) is 17.4. The van der Waals surface area contributed by atoms with E-state index in [1.165, 1.54) is 5.56 Å². The molecular formula is C29H41N3O3. The highest BCUT2D eigenvalue weighted by molar-refractivity contribution is 5.81. The summed E-state index contributed by atoms with van der Waals surface area (Å²) < 4.78 is 7.83. The molecule has 0 fully saturated rings. The SMILES string of the molecule is CCCC(C)C(O)COC(CC)C(=O)NC(Cc1ccc(-c2ccn3ccnc3c2)cc1)C(C)C. The Hall–Kier alpha value is -2.70. The van der Waals surface area contributed by atoms with E-state index >= 15 is 0 Å². The first-order chi connectivity index (χ1) is 16.8. The molecule has 6 heteroatoms. The van der Waals surface area contributed by atoms with Crippen LogP contribution in [0.4, 0.5) is 0 Å². The summed E-state index contributed by atoms with van der Waals surface area (Å²) in [6, 6.07) is 12.7. The number of hydrogen-bond acceptors (Lipinski definition) is 4. The van der Waals surface area contributed by atoms with Crippen LogP contribution in [0.5, 0.6) is 0 Å². The van der Waals surface area contributed by atoms with E-state index in [1.807, 2.05) is 30.6 Å². The molecule has 0 aliphatic rings. The molecule has 0 spiro atoms. The summed E-state index contributed by atoms with van der Waals surface area (Å²) in [5.74, 6) is 0.328. The van der Waals surface area contributed by atoms with Crippen molar-refractivity contribution in [3.05, 3.63) is 60.6 Å². The molecule has 0 aliphatic carbocycles. The number of nitrogens with one attached hydrogen (secondary N) is 1.